The van der Waals surface area contributed by atoms with Crippen LogP contribution < -0.4 is 15.2 Å². The van der Waals surface area contributed by atoms with E-state index in [1.165, 1.54) is 29.3 Å². The lowest BCUT2D eigenvalue weighted by molar-refractivity contribution is -0.274. The number of hydrogen-bond donors (Lipinski definition) is 2. The molecule has 0 radical (unpaired) electrons. The SMILES string of the molecule is CN(Cc1ccccc1OC(F)(F)F)c1nc2[nH]ncc2c(=O)[nH]1. The molecule has 2 N–H and O–H groups in total. The van der Waals surface area contributed by atoms with Crippen LogP contribution in [0.4, 0.5) is 19.1 Å². The zero-order valence-corrected chi connectivity index (χ0v) is 12.4. The fraction of sp³-hybridized carbons (Fsp3) is 0.214. The molecule has 0 aliphatic rings. The first kappa shape index (κ1) is 15.8. The number of anilines is 1. The van der Waals surface area contributed by atoms with Crippen LogP contribution in [0.2, 0.25) is 0 Å². The number of aromatic amines is 2. The number of para-hydroxylation sites is 1. The molecule has 24 heavy (non-hydrogen) atoms. The molecule has 1 aromatic carbocycles. The number of H-pyrrole nitrogens is 2. The van der Waals surface area contributed by atoms with Gasteiger partial charge in [0, 0.05) is 19.2 Å². The van der Waals surface area contributed by atoms with E-state index in [0.29, 0.717) is 16.6 Å². The first-order valence-electron chi connectivity index (χ1n) is 6.81. The Labute approximate surface area is 133 Å². The summed E-state index contributed by atoms with van der Waals surface area (Å²) in [4.78, 5) is 20.2. The van der Waals surface area contributed by atoms with E-state index >= 15 is 0 Å². The van der Waals surface area contributed by atoms with Crippen molar-refractivity contribution in [3.05, 3.63) is 46.4 Å². The van der Waals surface area contributed by atoms with Crippen molar-refractivity contribution < 1.29 is 17.9 Å². The predicted octanol–water partition coefficient (Wildman–Crippen LogP) is 2.18. The zero-order chi connectivity index (χ0) is 17.3. The van der Waals surface area contributed by atoms with Gasteiger partial charge in [-0.1, -0.05) is 18.2 Å². The molecule has 0 aliphatic carbocycles. The Morgan fingerprint density at radius 3 is 2.79 bits per heavy atom. The number of aromatic nitrogens is 4. The van der Waals surface area contributed by atoms with Crippen LogP contribution in [0.15, 0.2) is 35.3 Å². The van der Waals surface area contributed by atoms with Crippen LogP contribution in [0, 0.1) is 0 Å². The normalized spacial score (nSPS) is 11.7. The Morgan fingerprint density at radius 2 is 2.04 bits per heavy atom. The highest BCUT2D eigenvalue weighted by Gasteiger charge is 2.32. The number of benzene rings is 1. The summed E-state index contributed by atoms with van der Waals surface area (Å²) in [5.41, 5.74) is 0.195. The van der Waals surface area contributed by atoms with Gasteiger partial charge in [0.2, 0.25) is 5.95 Å². The molecule has 0 aliphatic heterocycles. The Kier molecular flexibility index (Phi) is 3.87. The molecule has 3 rings (SSSR count). The van der Waals surface area contributed by atoms with Crippen LogP contribution in [0.25, 0.3) is 11.0 Å². The number of nitrogens with one attached hydrogen (secondary N) is 2. The van der Waals surface area contributed by atoms with E-state index in [4.69, 9.17) is 0 Å². The summed E-state index contributed by atoms with van der Waals surface area (Å²) in [6, 6.07) is 5.78. The smallest absolute Gasteiger partial charge is 0.405 e. The van der Waals surface area contributed by atoms with Crippen LogP contribution in [-0.2, 0) is 6.54 Å². The van der Waals surface area contributed by atoms with Gasteiger partial charge in [0.25, 0.3) is 5.56 Å². The van der Waals surface area contributed by atoms with Crippen molar-refractivity contribution in [3.63, 3.8) is 0 Å². The Bertz CT molecular complexity index is 918. The molecule has 3 aromatic rings. The van der Waals surface area contributed by atoms with E-state index in [9.17, 15) is 18.0 Å². The van der Waals surface area contributed by atoms with Gasteiger partial charge in [0.05, 0.1) is 6.20 Å². The lowest BCUT2D eigenvalue weighted by Gasteiger charge is -2.20. The highest BCUT2D eigenvalue weighted by Crippen LogP contribution is 2.27. The standard InChI is InChI=1S/C14H12F3N5O2/c1-22(13-19-11-9(6-18-21-11)12(23)20-13)7-8-4-2-3-5-10(8)24-14(15,16)17/h2-6H,7H2,1H3,(H2,18,19,20,21,23). The summed E-state index contributed by atoms with van der Waals surface area (Å²) in [5.74, 6) is -0.111. The van der Waals surface area contributed by atoms with Gasteiger partial charge in [-0.2, -0.15) is 10.1 Å². The molecule has 0 unspecified atom stereocenters. The van der Waals surface area contributed by atoms with Crippen molar-refractivity contribution in [2.45, 2.75) is 12.9 Å². The van der Waals surface area contributed by atoms with Gasteiger partial charge in [-0.25, -0.2) is 0 Å². The van der Waals surface area contributed by atoms with E-state index < -0.39 is 11.9 Å². The number of fused-ring (bicyclic) bond motifs is 1. The summed E-state index contributed by atoms with van der Waals surface area (Å²) in [6.07, 6.45) is -3.44. The maximum atomic E-state index is 12.5. The number of alkyl halides is 3. The van der Waals surface area contributed by atoms with E-state index in [1.54, 1.807) is 13.1 Å². The molecule has 0 fully saturated rings. The average Bonchev–Trinajstić information content (AvgIpc) is 2.96. The largest absolute Gasteiger partial charge is 0.573 e. The molecule has 0 saturated heterocycles. The van der Waals surface area contributed by atoms with Gasteiger partial charge in [0.15, 0.2) is 5.65 Å². The molecule has 2 aromatic heterocycles. The molecule has 7 nitrogen and oxygen atoms in total. The second-order valence-corrected chi connectivity index (χ2v) is 5.03. The Balaban J connectivity index is 1.89. The van der Waals surface area contributed by atoms with Crippen LogP contribution in [0.5, 0.6) is 5.75 Å². The van der Waals surface area contributed by atoms with Crippen molar-refractivity contribution in [2.75, 3.05) is 11.9 Å². The van der Waals surface area contributed by atoms with Crippen LogP contribution >= 0.6 is 0 Å². The zero-order valence-electron chi connectivity index (χ0n) is 12.4. The molecule has 0 bridgehead atoms. The number of halogens is 3. The van der Waals surface area contributed by atoms with E-state index in [1.807, 2.05) is 0 Å². The summed E-state index contributed by atoms with van der Waals surface area (Å²) in [5, 5.41) is 6.61. The monoisotopic (exact) mass is 339 g/mol. The fourth-order valence-electron chi connectivity index (χ4n) is 2.20. The lowest BCUT2D eigenvalue weighted by atomic mass is 10.2. The van der Waals surface area contributed by atoms with E-state index in [-0.39, 0.29) is 18.2 Å². The predicted molar refractivity (Wildman–Crippen MR) is 79.7 cm³/mol. The third-order valence-electron chi connectivity index (χ3n) is 3.27. The van der Waals surface area contributed by atoms with Crippen molar-refractivity contribution in [2.24, 2.45) is 0 Å². The molecule has 126 valence electrons. The van der Waals surface area contributed by atoms with Crippen LogP contribution in [-0.4, -0.2) is 33.6 Å². The molecule has 0 atom stereocenters. The molecular formula is C14H12F3N5O2. The third kappa shape index (κ3) is 3.31. The minimum absolute atomic E-state index is 0.0504. The second-order valence-electron chi connectivity index (χ2n) is 5.03. The third-order valence-corrected chi connectivity index (χ3v) is 3.27. The number of hydrogen-bond acceptors (Lipinski definition) is 5. The molecule has 0 amide bonds. The van der Waals surface area contributed by atoms with Gasteiger partial charge < -0.3 is 9.64 Å². The first-order valence-corrected chi connectivity index (χ1v) is 6.81. The minimum atomic E-state index is -4.78. The highest BCUT2D eigenvalue weighted by atomic mass is 19.4. The summed E-state index contributed by atoms with van der Waals surface area (Å²) in [7, 11) is 1.59. The first-order chi connectivity index (χ1) is 11.3. The van der Waals surface area contributed by atoms with Crippen molar-refractivity contribution in [1.82, 2.24) is 20.2 Å². The average molecular weight is 339 g/mol. The second kappa shape index (κ2) is 5.87. The van der Waals surface area contributed by atoms with Gasteiger partial charge in [0.1, 0.15) is 11.1 Å². The lowest BCUT2D eigenvalue weighted by Crippen LogP contribution is -2.24. The van der Waals surface area contributed by atoms with E-state index in [0.717, 1.165) is 0 Å². The topological polar surface area (TPSA) is 86.9 Å². The Morgan fingerprint density at radius 1 is 1.29 bits per heavy atom. The van der Waals surface area contributed by atoms with Gasteiger partial charge in [-0.05, 0) is 6.07 Å². The van der Waals surface area contributed by atoms with Crippen molar-refractivity contribution >= 4 is 17.0 Å². The maximum Gasteiger partial charge on any atom is 0.573 e. The highest BCUT2D eigenvalue weighted by molar-refractivity contribution is 5.73. The van der Waals surface area contributed by atoms with Gasteiger partial charge in [-0.15, -0.1) is 13.2 Å². The van der Waals surface area contributed by atoms with Crippen LogP contribution in [0.1, 0.15) is 5.56 Å². The quantitative estimate of drug-likeness (QED) is 0.761. The van der Waals surface area contributed by atoms with Crippen LogP contribution in [0.3, 0.4) is 0 Å². The number of rotatable bonds is 4. The molecule has 0 saturated carbocycles. The minimum Gasteiger partial charge on any atom is -0.405 e. The summed E-state index contributed by atoms with van der Waals surface area (Å²) in [6.45, 7) is 0.0504. The molecular weight excluding hydrogens is 327 g/mol. The van der Waals surface area contributed by atoms with Crippen molar-refractivity contribution in [3.8, 4) is 5.75 Å². The van der Waals surface area contributed by atoms with Gasteiger partial charge >= 0.3 is 6.36 Å². The van der Waals surface area contributed by atoms with Crippen molar-refractivity contribution in [1.29, 1.82) is 0 Å². The van der Waals surface area contributed by atoms with E-state index in [2.05, 4.69) is 24.9 Å². The maximum absolute atomic E-state index is 12.5. The number of ether oxygens (including phenoxy) is 1. The Hall–Kier alpha value is -3.04. The summed E-state index contributed by atoms with van der Waals surface area (Å²) >= 11 is 0. The van der Waals surface area contributed by atoms with Gasteiger partial charge in [-0.3, -0.25) is 14.9 Å². The molecule has 10 heteroatoms. The number of nitrogens with zero attached hydrogens (tertiary/aromatic N) is 3. The molecule has 0 spiro atoms. The molecule has 2 heterocycles. The fourth-order valence-corrected chi connectivity index (χ4v) is 2.20. The summed E-state index contributed by atoms with van der Waals surface area (Å²) < 4.78 is 41.4.